The van der Waals surface area contributed by atoms with Gasteiger partial charge in [-0.25, -0.2) is 4.98 Å². The van der Waals surface area contributed by atoms with Gasteiger partial charge in [0.2, 0.25) is 0 Å². The van der Waals surface area contributed by atoms with Crippen LogP contribution in [0, 0.1) is 0 Å². The third-order valence-corrected chi connectivity index (χ3v) is 7.64. The van der Waals surface area contributed by atoms with Gasteiger partial charge >= 0.3 is 0 Å². The van der Waals surface area contributed by atoms with E-state index in [1.807, 2.05) is 0 Å². The van der Waals surface area contributed by atoms with Crippen LogP contribution in [-0.2, 0) is 25.7 Å². The van der Waals surface area contributed by atoms with Crippen molar-refractivity contribution in [1.29, 1.82) is 0 Å². The van der Waals surface area contributed by atoms with Gasteiger partial charge in [-0.15, -0.1) is 0 Å². The fraction of sp³-hybridized carbons (Fsp3) is 0.545. The van der Waals surface area contributed by atoms with Crippen LogP contribution < -0.4 is 0 Å². The number of nitrogens with zero attached hydrogens (tertiary/aromatic N) is 1. The molecule has 6 bridgehead atoms. The van der Waals surface area contributed by atoms with Crippen LogP contribution in [-0.4, -0.2) is 15.0 Å². The molecule has 36 heavy (non-hydrogen) atoms. The second kappa shape index (κ2) is 12.1. The second-order valence-electron chi connectivity index (χ2n) is 10.6. The van der Waals surface area contributed by atoms with Gasteiger partial charge in [0.25, 0.3) is 0 Å². The smallest absolute Gasteiger partial charge is 0.0693 e. The number of fused-ring (bicyclic) bond motifs is 6. The lowest BCUT2D eigenvalue weighted by atomic mass is 9.96. The van der Waals surface area contributed by atoms with E-state index in [1.54, 1.807) is 0 Å². The van der Waals surface area contributed by atoms with Crippen LogP contribution >= 0.6 is 0 Å². The van der Waals surface area contributed by atoms with Gasteiger partial charge in [-0.2, -0.15) is 0 Å². The van der Waals surface area contributed by atoms with E-state index in [9.17, 15) is 0 Å². The van der Waals surface area contributed by atoms with Gasteiger partial charge in [-0.1, -0.05) is 80.1 Å². The van der Waals surface area contributed by atoms with E-state index in [0.717, 1.165) is 77.0 Å². The molecule has 2 N–H and O–H groups in total. The van der Waals surface area contributed by atoms with Crippen LogP contribution in [0.15, 0.2) is 18.2 Å². The normalized spacial score (nSPS) is 12.8. The number of aryl methyl sites for hydroxylation is 4. The molecule has 0 saturated carbocycles. The van der Waals surface area contributed by atoms with Gasteiger partial charge in [0.15, 0.2) is 0 Å². The predicted molar refractivity (Wildman–Crippen MR) is 158 cm³/mol. The number of nitrogens with one attached hydrogen (secondary N) is 2. The highest BCUT2D eigenvalue weighted by Gasteiger charge is 2.21. The lowest BCUT2D eigenvalue weighted by molar-refractivity contribution is 0.876. The Morgan fingerprint density at radius 2 is 0.750 bits per heavy atom. The zero-order valence-electron chi connectivity index (χ0n) is 23.7. The first-order valence-electron chi connectivity index (χ1n) is 14.8. The molecule has 3 nitrogen and oxygen atoms in total. The number of H-pyrrole nitrogens is 2. The van der Waals surface area contributed by atoms with Crippen LogP contribution in [0.1, 0.15) is 127 Å². The molecule has 0 spiro atoms. The molecular weight excluding hydrogens is 438 g/mol. The number of allylic oxidation sites excluding steroid dienone is 2. The van der Waals surface area contributed by atoms with Crippen molar-refractivity contribution < 1.29 is 0 Å². The molecule has 1 aliphatic rings. The Hall–Kier alpha value is -2.55. The average Bonchev–Trinajstić information content (AvgIpc) is 3.45. The molecular formula is C33H47N3. The van der Waals surface area contributed by atoms with Crippen molar-refractivity contribution in [1.82, 2.24) is 15.0 Å². The summed E-state index contributed by atoms with van der Waals surface area (Å²) >= 11 is 0. The molecule has 1 aliphatic heterocycles. The predicted octanol–water partition coefficient (Wildman–Crippen LogP) is 9.80. The number of hydrogen-bond donors (Lipinski definition) is 2. The fourth-order valence-corrected chi connectivity index (χ4v) is 6.17. The lowest BCUT2D eigenvalue weighted by Crippen LogP contribution is -1.91. The van der Waals surface area contributed by atoms with Crippen molar-refractivity contribution in [2.24, 2.45) is 0 Å². The molecule has 0 aliphatic carbocycles. The summed E-state index contributed by atoms with van der Waals surface area (Å²) in [7, 11) is 0. The highest BCUT2D eigenvalue weighted by atomic mass is 14.8. The summed E-state index contributed by atoms with van der Waals surface area (Å²) in [6.45, 7) is 13.8. The molecule has 3 heteroatoms. The molecule has 0 fully saturated rings. The quantitative estimate of drug-likeness (QED) is 0.263. The Kier molecular flexibility index (Phi) is 8.93. The van der Waals surface area contributed by atoms with E-state index in [1.165, 1.54) is 66.9 Å². The van der Waals surface area contributed by atoms with Gasteiger partial charge in [0.1, 0.15) is 0 Å². The van der Waals surface area contributed by atoms with E-state index in [-0.39, 0.29) is 0 Å². The Bertz CT molecular complexity index is 1200. The molecule has 4 rings (SSSR count). The van der Waals surface area contributed by atoms with Crippen molar-refractivity contribution in [3.05, 3.63) is 51.8 Å². The molecule has 4 heterocycles. The van der Waals surface area contributed by atoms with E-state index in [0.29, 0.717) is 0 Å². The third kappa shape index (κ3) is 5.12. The number of aromatic amines is 2. The minimum Gasteiger partial charge on any atom is -0.355 e. The Morgan fingerprint density at radius 1 is 0.444 bits per heavy atom. The summed E-state index contributed by atoms with van der Waals surface area (Å²) in [4.78, 5) is 13.1. The molecule has 0 radical (unpaired) electrons. The van der Waals surface area contributed by atoms with E-state index in [4.69, 9.17) is 4.98 Å². The number of hydrogen-bond acceptors (Lipinski definition) is 1. The lowest BCUT2D eigenvalue weighted by Gasteiger charge is -2.06. The first-order chi connectivity index (χ1) is 17.6. The summed E-state index contributed by atoms with van der Waals surface area (Å²) in [6.07, 6.45) is 13.5. The Morgan fingerprint density at radius 3 is 1.06 bits per heavy atom. The molecule has 0 aromatic carbocycles. The summed E-state index contributed by atoms with van der Waals surface area (Å²) in [5.74, 6) is 0. The van der Waals surface area contributed by atoms with E-state index >= 15 is 0 Å². The topological polar surface area (TPSA) is 44.5 Å². The summed E-state index contributed by atoms with van der Waals surface area (Å²) in [6, 6.07) is 7.18. The first kappa shape index (κ1) is 26.5. The SMILES string of the molecule is CCCC1=C(CCC)c2cc3[nH]c(cc4[nH]c(cc1n2)c(CCC)c4CCC)c(CCC)c3CCC. The molecule has 3 aromatic rings. The fourth-order valence-electron chi connectivity index (χ4n) is 6.17. The van der Waals surface area contributed by atoms with Gasteiger partial charge < -0.3 is 9.97 Å². The van der Waals surface area contributed by atoms with Crippen molar-refractivity contribution in [2.75, 3.05) is 0 Å². The molecule has 0 atom stereocenters. The van der Waals surface area contributed by atoms with Crippen LogP contribution in [0.25, 0.3) is 33.2 Å². The summed E-state index contributed by atoms with van der Waals surface area (Å²) in [5, 5.41) is 0. The van der Waals surface area contributed by atoms with Crippen LogP contribution in [0.3, 0.4) is 0 Å². The van der Waals surface area contributed by atoms with Crippen LogP contribution in [0.5, 0.6) is 0 Å². The van der Waals surface area contributed by atoms with Gasteiger partial charge in [0.05, 0.1) is 11.4 Å². The maximum Gasteiger partial charge on any atom is 0.0693 e. The highest BCUT2D eigenvalue weighted by Crippen LogP contribution is 2.38. The zero-order chi connectivity index (χ0) is 25.7. The van der Waals surface area contributed by atoms with E-state index < -0.39 is 0 Å². The maximum atomic E-state index is 5.34. The molecule has 0 amide bonds. The summed E-state index contributed by atoms with van der Waals surface area (Å²) < 4.78 is 0. The number of aromatic nitrogens is 3. The number of rotatable bonds is 12. The minimum atomic E-state index is 1.09. The molecule has 3 aromatic heterocycles. The van der Waals surface area contributed by atoms with Crippen molar-refractivity contribution in [3.63, 3.8) is 0 Å². The monoisotopic (exact) mass is 485 g/mol. The van der Waals surface area contributed by atoms with Crippen molar-refractivity contribution in [3.8, 4) is 0 Å². The van der Waals surface area contributed by atoms with Crippen LogP contribution in [0.4, 0.5) is 0 Å². The van der Waals surface area contributed by atoms with Crippen molar-refractivity contribution in [2.45, 2.75) is 119 Å². The first-order valence-corrected chi connectivity index (χ1v) is 14.8. The zero-order valence-corrected chi connectivity index (χ0v) is 23.7. The molecule has 0 unspecified atom stereocenters. The van der Waals surface area contributed by atoms with Gasteiger partial charge in [0, 0.05) is 22.1 Å². The van der Waals surface area contributed by atoms with Crippen molar-refractivity contribution >= 4 is 33.2 Å². The Labute approximate surface area is 218 Å². The standard InChI is InChI=1S/C33H47N3/c1-7-13-22-23(14-8-2)29-20-31-26(17-11-5)27(18-12-6)33(36-31)21-32-25(16-10-4)24(15-9-3)30(35-32)19-28(22)34-29/h19-21,34-35H,7-18H2,1-6H3. The van der Waals surface area contributed by atoms with E-state index in [2.05, 4.69) is 69.7 Å². The molecule has 194 valence electrons. The molecule has 0 saturated heterocycles. The van der Waals surface area contributed by atoms with Gasteiger partial charge in [-0.3, -0.25) is 0 Å². The minimum absolute atomic E-state index is 1.09. The largest absolute Gasteiger partial charge is 0.355 e. The van der Waals surface area contributed by atoms with Gasteiger partial charge in [-0.05, 0) is 90.1 Å². The average molecular weight is 486 g/mol. The summed E-state index contributed by atoms with van der Waals surface area (Å²) in [5.41, 5.74) is 16.4. The highest BCUT2D eigenvalue weighted by molar-refractivity contribution is 5.94. The third-order valence-electron chi connectivity index (χ3n) is 7.64. The second-order valence-corrected chi connectivity index (χ2v) is 10.6. The van der Waals surface area contributed by atoms with Crippen LogP contribution in [0.2, 0.25) is 0 Å². The Balaban J connectivity index is 2.20. The maximum absolute atomic E-state index is 5.34.